The molecule has 0 bridgehead atoms. The zero-order valence-electron chi connectivity index (χ0n) is 9.62. The highest BCUT2D eigenvalue weighted by Crippen LogP contribution is 2.25. The Balaban J connectivity index is 2.13. The maximum absolute atomic E-state index is 6.11. The van der Waals surface area contributed by atoms with E-state index >= 15 is 0 Å². The van der Waals surface area contributed by atoms with Gasteiger partial charge in [-0.25, -0.2) is 9.97 Å². The Labute approximate surface area is 90.5 Å². The van der Waals surface area contributed by atoms with Crippen molar-refractivity contribution in [3.8, 4) is 0 Å². The van der Waals surface area contributed by atoms with Crippen molar-refractivity contribution in [1.82, 2.24) is 9.97 Å². The van der Waals surface area contributed by atoms with Crippen LogP contribution in [0.3, 0.4) is 0 Å². The summed E-state index contributed by atoms with van der Waals surface area (Å²) >= 11 is 0. The minimum absolute atomic E-state index is 0.0268. The van der Waals surface area contributed by atoms with Crippen LogP contribution in [0.25, 0.3) is 0 Å². The van der Waals surface area contributed by atoms with Gasteiger partial charge in [0.1, 0.15) is 0 Å². The summed E-state index contributed by atoms with van der Waals surface area (Å²) in [6, 6.07) is 1.98. The average Bonchev–Trinajstić information content (AvgIpc) is 2.11. The summed E-state index contributed by atoms with van der Waals surface area (Å²) in [7, 11) is 0. The summed E-state index contributed by atoms with van der Waals surface area (Å²) < 4.78 is 0. The van der Waals surface area contributed by atoms with Crippen LogP contribution in [0.1, 0.15) is 24.7 Å². The molecule has 4 heteroatoms. The minimum atomic E-state index is -0.0268. The third kappa shape index (κ3) is 1.95. The molecule has 0 aliphatic carbocycles. The van der Waals surface area contributed by atoms with Crippen LogP contribution in [0.5, 0.6) is 0 Å². The van der Waals surface area contributed by atoms with Gasteiger partial charge in [-0.3, -0.25) is 0 Å². The van der Waals surface area contributed by atoms with Gasteiger partial charge in [-0.1, -0.05) is 6.92 Å². The van der Waals surface area contributed by atoms with Crippen molar-refractivity contribution in [3.05, 3.63) is 17.5 Å². The van der Waals surface area contributed by atoms with Crippen molar-refractivity contribution in [2.75, 3.05) is 18.0 Å². The number of aryl methyl sites for hydroxylation is 2. The molecule has 2 N–H and O–H groups in total. The lowest BCUT2D eigenvalue weighted by Crippen LogP contribution is -2.67. The molecule has 15 heavy (non-hydrogen) atoms. The third-order valence-corrected chi connectivity index (χ3v) is 2.97. The molecule has 82 valence electrons. The number of hydrogen-bond donors (Lipinski definition) is 1. The van der Waals surface area contributed by atoms with E-state index in [0.717, 1.165) is 36.8 Å². The first-order valence-corrected chi connectivity index (χ1v) is 5.38. The van der Waals surface area contributed by atoms with Gasteiger partial charge in [0.15, 0.2) is 0 Å². The fraction of sp³-hybridized carbons (Fsp3) is 0.636. The Hall–Kier alpha value is -1.16. The summed E-state index contributed by atoms with van der Waals surface area (Å²) in [5, 5.41) is 0. The Bertz CT molecular complexity index is 349. The molecular formula is C11H18N4. The van der Waals surface area contributed by atoms with Gasteiger partial charge in [-0.15, -0.1) is 0 Å². The van der Waals surface area contributed by atoms with Crippen LogP contribution >= 0.6 is 0 Å². The van der Waals surface area contributed by atoms with Crippen molar-refractivity contribution in [3.63, 3.8) is 0 Å². The predicted molar refractivity (Wildman–Crippen MR) is 60.9 cm³/mol. The first kappa shape index (κ1) is 10.4. The molecule has 1 saturated heterocycles. The smallest absolute Gasteiger partial charge is 0.225 e. The van der Waals surface area contributed by atoms with E-state index in [-0.39, 0.29) is 5.54 Å². The van der Waals surface area contributed by atoms with Gasteiger partial charge in [-0.05, 0) is 26.3 Å². The fourth-order valence-electron chi connectivity index (χ4n) is 1.93. The van der Waals surface area contributed by atoms with E-state index in [0.29, 0.717) is 0 Å². The van der Waals surface area contributed by atoms with E-state index < -0.39 is 0 Å². The molecule has 0 saturated carbocycles. The number of nitrogens with zero attached hydrogens (tertiary/aromatic N) is 3. The Morgan fingerprint density at radius 3 is 2.33 bits per heavy atom. The molecule has 0 spiro atoms. The molecule has 1 fully saturated rings. The Morgan fingerprint density at radius 2 is 1.87 bits per heavy atom. The van der Waals surface area contributed by atoms with Crippen molar-refractivity contribution in [2.24, 2.45) is 5.73 Å². The molecule has 0 radical (unpaired) electrons. The normalized spacial score (nSPS) is 18.8. The highest BCUT2D eigenvalue weighted by Gasteiger charge is 2.39. The molecular weight excluding hydrogens is 188 g/mol. The third-order valence-electron chi connectivity index (χ3n) is 2.97. The van der Waals surface area contributed by atoms with Crippen LogP contribution in [0, 0.1) is 13.8 Å². The molecule has 1 aliphatic rings. The maximum atomic E-state index is 6.11. The van der Waals surface area contributed by atoms with Crippen LogP contribution in [-0.4, -0.2) is 28.6 Å². The quantitative estimate of drug-likeness (QED) is 0.785. The van der Waals surface area contributed by atoms with Crippen molar-refractivity contribution in [2.45, 2.75) is 32.7 Å². The first-order valence-electron chi connectivity index (χ1n) is 5.38. The number of anilines is 1. The molecule has 2 heterocycles. The molecule has 0 unspecified atom stereocenters. The monoisotopic (exact) mass is 206 g/mol. The molecule has 0 atom stereocenters. The molecule has 4 nitrogen and oxygen atoms in total. The lowest BCUT2D eigenvalue weighted by Gasteiger charge is -2.47. The van der Waals surface area contributed by atoms with E-state index in [2.05, 4.69) is 21.8 Å². The van der Waals surface area contributed by atoms with Crippen molar-refractivity contribution < 1.29 is 0 Å². The zero-order chi connectivity index (χ0) is 11.1. The second-order valence-electron chi connectivity index (χ2n) is 4.52. The maximum Gasteiger partial charge on any atom is 0.225 e. The second kappa shape index (κ2) is 3.45. The van der Waals surface area contributed by atoms with Gasteiger partial charge in [0.05, 0.1) is 5.54 Å². The minimum Gasteiger partial charge on any atom is -0.337 e. The highest BCUT2D eigenvalue weighted by atomic mass is 15.3. The largest absolute Gasteiger partial charge is 0.337 e. The predicted octanol–water partition coefficient (Wildman–Crippen LogP) is 1.02. The number of nitrogens with two attached hydrogens (primary N) is 1. The van der Waals surface area contributed by atoms with Crippen LogP contribution in [0.15, 0.2) is 6.07 Å². The van der Waals surface area contributed by atoms with Crippen LogP contribution in [-0.2, 0) is 0 Å². The van der Waals surface area contributed by atoms with Gasteiger partial charge in [0.25, 0.3) is 0 Å². The van der Waals surface area contributed by atoms with Gasteiger partial charge < -0.3 is 10.6 Å². The molecule has 1 aromatic rings. The van der Waals surface area contributed by atoms with E-state index in [1.807, 2.05) is 19.9 Å². The SMILES string of the molecule is CCC1(N)CN(c2nc(C)cc(C)n2)C1. The summed E-state index contributed by atoms with van der Waals surface area (Å²) in [5.41, 5.74) is 8.12. The lowest BCUT2D eigenvalue weighted by atomic mass is 9.89. The van der Waals surface area contributed by atoms with Gasteiger partial charge in [0, 0.05) is 24.5 Å². The fourth-order valence-corrected chi connectivity index (χ4v) is 1.93. The van der Waals surface area contributed by atoms with Crippen LogP contribution in [0.4, 0.5) is 5.95 Å². The highest BCUT2D eigenvalue weighted by molar-refractivity contribution is 5.39. The topological polar surface area (TPSA) is 55.0 Å². The summed E-state index contributed by atoms with van der Waals surface area (Å²) in [5.74, 6) is 0.821. The van der Waals surface area contributed by atoms with E-state index in [1.165, 1.54) is 0 Å². The lowest BCUT2D eigenvalue weighted by molar-refractivity contribution is 0.317. The van der Waals surface area contributed by atoms with Crippen molar-refractivity contribution >= 4 is 5.95 Å². The number of hydrogen-bond acceptors (Lipinski definition) is 4. The van der Waals surface area contributed by atoms with Crippen LogP contribution < -0.4 is 10.6 Å². The average molecular weight is 206 g/mol. The van der Waals surface area contributed by atoms with E-state index in [1.54, 1.807) is 0 Å². The molecule has 2 rings (SSSR count). The second-order valence-corrected chi connectivity index (χ2v) is 4.52. The molecule has 1 aromatic heterocycles. The van der Waals surface area contributed by atoms with Gasteiger partial charge in [0.2, 0.25) is 5.95 Å². The molecule has 0 amide bonds. The van der Waals surface area contributed by atoms with E-state index in [4.69, 9.17) is 5.73 Å². The zero-order valence-corrected chi connectivity index (χ0v) is 9.62. The van der Waals surface area contributed by atoms with Gasteiger partial charge in [-0.2, -0.15) is 0 Å². The van der Waals surface area contributed by atoms with E-state index in [9.17, 15) is 0 Å². The summed E-state index contributed by atoms with van der Waals surface area (Å²) in [6.45, 7) is 7.85. The van der Waals surface area contributed by atoms with Gasteiger partial charge >= 0.3 is 0 Å². The molecule has 0 aromatic carbocycles. The summed E-state index contributed by atoms with van der Waals surface area (Å²) in [4.78, 5) is 11.0. The Kier molecular flexibility index (Phi) is 2.38. The van der Waals surface area contributed by atoms with Crippen molar-refractivity contribution in [1.29, 1.82) is 0 Å². The molecule has 1 aliphatic heterocycles. The number of aromatic nitrogens is 2. The van der Waals surface area contributed by atoms with Crippen LogP contribution in [0.2, 0.25) is 0 Å². The summed E-state index contributed by atoms with van der Waals surface area (Å²) in [6.07, 6.45) is 1.01. The number of rotatable bonds is 2. The first-order chi connectivity index (χ1) is 7.02. The Morgan fingerprint density at radius 1 is 1.33 bits per heavy atom. The standard InChI is InChI=1S/C11H18N4/c1-4-11(12)6-15(7-11)10-13-8(2)5-9(3)14-10/h5H,4,6-7,12H2,1-3H3.